The average Bonchev–Trinajstić information content (AvgIpc) is 0.832. The fourth-order valence-corrected chi connectivity index (χ4v) is 19.9. The topological polar surface area (TPSA) is 387 Å². The average molecular weight is 1940 g/mol. The summed E-state index contributed by atoms with van der Waals surface area (Å²) in [5, 5.41) is 46.5. The molecule has 10 aromatic heterocycles. The highest BCUT2D eigenvalue weighted by atomic mass is 35.5. The number of aromatic hydroxyl groups is 3. The molecule has 0 unspecified atom stereocenters. The van der Waals surface area contributed by atoms with E-state index in [0.29, 0.717) is 72.6 Å². The molecule has 1 aliphatic rings. The van der Waals surface area contributed by atoms with Gasteiger partial charge in [-0.15, -0.1) is 5.10 Å². The highest BCUT2D eigenvalue weighted by molar-refractivity contribution is 7.99. The Morgan fingerprint density at radius 3 is 1.52 bits per heavy atom. The molecule has 11 heterocycles. The minimum absolute atomic E-state index is 0.00914. The molecule has 0 radical (unpaired) electrons. The third-order valence-electron chi connectivity index (χ3n) is 21.0. The molecule has 21 rings (SSSR count). The smallest absolute Gasteiger partial charge is 0.379 e. The van der Waals surface area contributed by atoms with Gasteiger partial charge in [0.2, 0.25) is 20.8 Å². The number of pyridine rings is 4. The second-order valence-electron chi connectivity index (χ2n) is 28.9. The molecule has 1 aliphatic heterocycles. The zero-order valence-electron chi connectivity index (χ0n) is 67.0. The molecule has 37 heteroatoms. The Morgan fingerprint density at radius 1 is 0.447 bits per heavy atom. The number of carbonyl (C=O) groups excluding carboxylic acids is 1. The van der Waals surface area contributed by atoms with E-state index in [1.165, 1.54) is 48.9 Å². The Balaban J connectivity index is 0.000000119. The van der Waals surface area contributed by atoms with Gasteiger partial charge in [0.15, 0.2) is 44.6 Å². The minimum atomic E-state index is -4.80. The fourth-order valence-electron chi connectivity index (χ4n) is 15.2. The quantitative estimate of drug-likeness (QED) is 0.0548. The van der Waals surface area contributed by atoms with Crippen molar-refractivity contribution >= 4 is 186 Å². The fraction of sp³-hybridized carbons (Fsp3) is 0.0316. The number of ether oxygens (including phenoxy) is 1. The number of esters is 1. The molecule has 3 N–H and O–H groups in total. The van der Waals surface area contributed by atoms with E-state index in [1.54, 1.807) is 174 Å². The molecule has 0 saturated heterocycles. The number of hydrogen-bond acceptors (Lipinski definition) is 25. The summed E-state index contributed by atoms with van der Waals surface area (Å²) in [5.41, 5.74) is 0.138. The van der Waals surface area contributed by atoms with Gasteiger partial charge in [-0.05, 0) is 161 Å². The molecule has 0 spiro atoms. The standard InChI is InChI=1S/C26H14Cl3NO6S.C25H15N5O4S.C24H12Cl3NO4S.C20H13NO6/c27-16-11-18(29)21(12-17(16)28)37(34,35)24-23(31)22-20(36-26(24)33)13-19(14-7-3-1-4-8-14)30(25(22)32)15-9-5-2-6-10-15;31-20-19-21(17-13-7-8-14-18(17)29(23(19)32)15-9-3-1-4-10-15)34-24(33)22(20)35-25-26-27-28-30(25)16-11-5-2-6-12-16;25-14-10-16(27)18(11-15(14)26)33-22-20(29)19-21(32-24(22)31)13-8-4-5-9-17(13)28(23(19)30)12-6-2-1-3-7-12;22-15-10-14(26-20(24)13-7-3-9-25-13)16-18(27-15)12-6-1-4-11-5-2-8-21(17(11)12)19(16)23/h1-13,31H;1-14,31H;1-11,29H;1,3-4,6-7,9-10H,2,5,8H2. The number of benzene rings is 10. The van der Waals surface area contributed by atoms with E-state index in [0.717, 1.165) is 65.6 Å². The van der Waals surface area contributed by atoms with E-state index in [-0.39, 0.29) is 101 Å². The van der Waals surface area contributed by atoms with Gasteiger partial charge in [-0.3, -0.25) is 32.9 Å². The van der Waals surface area contributed by atoms with Crippen molar-refractivity contribution in [2.75, 3.05) is 0 Å². The summed E-state index contributed by atoms with van der Waals surface area (Å²) in [6.45, 7) is 0.549. The van der Waals surface area contributed by atoms with E-state index in [4.69, 9.17) is 96.4 Å². The van der Waals surface area contributed by atoms with Gasteiger partial charge in [0.05, 0.1) is 75.3 Å². The number of halogens is 6. The lowest BCUT2D eigenvalue weighted by Gasteiger charge is -2.20. The van der Waals surface area contributed by atoms with Crippen molar-refractivity contribution in [3.8, 4) is 57.0 Å². The van der Waals surface area contributed by atoms with Crippen molar-refractivity contribution in [3.63, 3.8) is 0 Å². The zero-order chi connectivity index (χ0) is 92.2. The summed E-state index contributed by atoms with van der Waals surface area (Å²) < 4.78 is 66.4. The van der Waals surface area contributed by atoms with Crippen LogP contribution < -0.4 is 49.5 Å². The van der Waals surface area contributed by atoms with Gasteiger partial charge in [0.1, 0.15) is 36.9 Å². The lowest BCUT2D eigenvalue weighted by atomic mass is 10.00. The number of fused-ring (bicyclic) bond motifs is 9. The Morgan fingerprint density at radius 2 is 0.947 bits per heavy atom. The maximum absolute atomic E-state index is 13.8. The number of aryl methyl sites for hydroxylation is 2. The molecular weight excluding hydrogens is 1880 g/mol. The molecule has 0 atom stereocenters. The van der Waals surface area contributed by atoms with Crippen molar-refractivity contribution in [1.29, 1.82) is 0 Å². The van der Waals surface area contributed by atoms with Crippen LogP contribution in [0.25, 0.3) is 111 Å². The summed E-state index contributed by atoms with van der Waals surface area (Å²) in [6.07, 6.45) is 3.01. The SMILES string of the molecule is O=C(Oc1cc(=O)oc2c1c(=O)n1c3c(cccc23)CCC1)c1ccco1.O=c1oc2c(c(O)c1Sc1cc(Cl)c(Cl)cc1Cl)c(=O)n(-c1ccccc1)c1ccccc21.O=c1oc2c(c(O)c1Sc1nnnn1-c1ccccc1)c(=O)n(-c1ccccc1)c1ccccc21.O=c1oc2cc(-c3ccccc3)n(-c3ccccc3)c(=O)c2c(O)c1S(=O)(=O)c1cc(Cl)c(Cl)cc1Cl. The molecule has 0 saturated carbocycles. The molecule has 28 nitrogen and oxygen atoms in total. The van der Waals surface area contributed by atoms with Crippen molar-refractivity contribution in [1.82, 2.24) is 38.5 Å². The second-order valence-corrected chi connectivity index (χ2v) is 35.2. The minimum Gasteiger partial charge on any atom is -0.505 e. The maximum atomic E-state index is 13.8. The van der Waals surface area contributed by atoms with Gasteiger partial charge in [-0.2, -0.15) is 4.68 Å². The molecular formula is C95H54Cl6N8O20S3. The molecule has 0 bridgehead atoms. The lowest BCUT2D eigenvalue weighted by molar-refractivity contribution is 0.0703. The van der Waals surface area contributed by atoms with Crippen LogP contribution in [-0.4, -0.2) is 68.2 Å². The van der Waals surface area contributed by atoms with E-state index in [9.17, 15) is 66.9 Å². The highest BCUT2D eigenvalue weighted by Crippen LogP contribution is 2.45. The van der Waals surface area contributed by atoms with Crippen LogP contribution in [0.1, 0.15) is 22.5 Å². The number of para-hydroxylation sites is 7. The number of tetrazole rings is 1. The summed E-state index contributed by atoms with van der Waals surface area (Å²) >= 11 is 37.9. The van der Waals surface area contributed by atoms with Crippen LogP contribution in [0.3, 0.4) is 0 Å². The first-order chi connectivity index (χ1) is 63.7. The predicted octanol–water partition coefficient (Wildman–Crippen LogP) is 19.8. The first-order valence-corrected chi connectivity index (χ1v) is 44.6. The van der Waals surface area contributed by atoms with Crippen LogP contribution in [-0.2, 0) is 22.8 Å². The van der Waals surface area contributed by atoms with Crippen molar-refractivity contribution < 1.29 is 55.4 Å². The van der Waals surface area contributed by atoms with Gasteiger partial charge < -0.3 is 46.7 Å². The van der Waals surface area contributed by atoms with Crippen LogP contribution in [0.15, 0.2) is 363 Å². The van der Waals surface area contributed by atoms with Gasteiger partial charge in [-0.25, -0.2) is 32.4 Å². The number of aromatic nitrogens is 8. The summed E-state index contributed by atoms with van der Waals surface area (Å²) in [5.74, 6) is -2.99. The first kappa shape index (κ1) is 87.9. The van der Waals surface area contributed by atoms with Crippen molar-refractivity contribution in [2.45, 2.75) is 49.0 Å². The highest BCUT2D eigenvalue weighted by Gasteiger charge is 2.35. The maximum Gasteiger partial charge on any atom is 0.379 e. The number of rotatable bonds is 13. The van der Waals surface area contributed by atoms with Gasteiger partial charge in [0.25, 0.3) is 22.2 Å². The first-order valence-electron chi connectivity index (χ1n) is 39.2. The largest absolute Gasteiger partial charge is 0.505 e. The van der Waals surface area contributed by atoms with E-state index in [2.05, 4.69) is 15.5 Å². The normalized spacial score (nSPS) is 11.8. The molecule has 0 fully saturated rings. The molecule has 20 aromatic rings. The van der Waals surface area contributed by atoms with Gasteiger partial charge in [-0.1, -0.05) is 221 Å². The van der Waals surface area contributed by atoms with E-state index >= 15 is 0 Å². The van der Waals surface area contributed by atoms with Gasteiger partial charge in [0, 0.05) is 50.7 Å². The van der Waals surface area contributed by atoms with Crippen LogP contribution >= 0.6 is 93.1 Å². The molecule has 0 amide bonds. The number of furan rings is 1. The molecule has 654 valence electrons. The number of sulfone groups is 1. The molecule has 10 aromatic carbocycles. The Kier molecular flexibility index (Phi) is 24.2. The summed E-state index contributed by atoms with van der Waals surface area (Å²) in [6, 6.07) is 74.6. The number of carbonyl (C=O) groups is 1. The molecule has 132 heavy (non-hydrogen) atoms. The van der Waals surface area contributed by atoms with Crippen molar-refractivity contribution in [2.24, 2.45) is 0 Å². The third-order valence-corrected chi connectivity index (χ3v) is 27.2. The monoisotopic (exact) mass is 1930 g/mol. The Hall–Kier alpha value is -14.8. The summed E-state index contributed by atoms with van der Waals surface area (Å²) in [4.78, 5) is 116. The Labute approximate surface area is 777 Å². The number of hydrogen-bond donors (Lipinski definition) is 3. The zero-order valence-corrected chi connectivity index (χ0v) is 73.9. The Bertz CT molecular complexity index is 8790. The second kappa shape index (κ2) is 36.3. The van der Waals surface area contributed by atoms with Crippen molar-refractivity contribution in [3.05, 3.63) is 398 Å². The van der Waals surface area contributed by atoms with Crippen LogP contribution in [0.5, 0.6) is 23.0 Å². The third kappa shape index (κ3) is 16.2. The number of nitrogens with zero attached hydrogens (tertiary/aromatic N) is 8. The van der Waals surface area contributed by atoms with Crippen LogP contribution in [0, 0.1) is 0 Å². The van der Waals surface area contributed by atoms with Crippen LogP contribution in [0.4, 0.5) is 0 Å². The van der Waals surface area contributed by atoms with Gasteiger partial charge >= 0.3 is 28.5 Å². The van der Waals surface area contributed by atoms with E-state index < -0.39 is 87.4 Å². The lowest BCUT2D eigenvalue weighted by Crippen LogP contribution is -2.26. The molecule has 0 aliphatic carbocycles. The van der Waals surface area contributed by atoms with Crippen LogP contribution in [0.2, 0.25) is 30.1 Å². The summed E-state index contributed by atoms with van der Waals surface area (Å²) in [7, 11) is -4.80. The van der Waals surface area contributed by atoms with E-state index in [1.807, 2.05) is 54.6 Å². The predicted molar refractivity (Wildman–Crippen MR) is 502 cm³/mol.